The van der Waals surface area contributed by atoms with Gasteiger partial charge in [0.2, 0.25) is 11.8 Å². The maximum atomic E-state index is 12.2. The van der Waals surface area contributed by atoms with Crippen LogP contribution in [-0.4, -0.2) is 28.9 Å². The summed E-state index contributed by atoms with van der Waals surface area (Å²) in [6, 6.07) is 3.33. The van der Waals surface area contributed by atoms with E-state index in [1.54, 1.807) is 0 Å². The van der Waals surface area contributed by atoms with Crippen LogP contribution < -0.4 is 10.6 Å². The summed E-state index contributed by atoms with van der Waals surface area (Å²) >= 11 is 1.49. The number of carboxylic acid groups (broad SMARTS) is 1. The van der Waals surface area contributed by atoms with Crippen LogP contribution in [0.3, 0.4) is 0 Å². The van der Waals surface area contributed by atoms with Crippen LogP contribution in [0.4, 0.5) is 0 Å². The Morgan fingerprint density at radius 3 is 2.73 bits per heavy atom. The normalized spacial score (nSPS) is 22.0. The van der Waals surface area contributed by atoms with Gasteiger partial charge in [-0.25, -0.2) is 0 Å². The van der Waals surface area contributed by atoms with E-state index in [9.17, 15) is 14.4 Å². The van der Waals surface area contributed by atoms with Crippen molar-refractivity contribution in [3.8, 4) is 0 Å². The average molecular weight is 324 g/mol. The number of hydrogen-bond acceptors (Lipinski definition) is 4. The molecule has 1 aromatic rings. The fraction of sp³-hybridized carbons (Fsp3) is 0.533. The van der Waals surface area contributed by atoms with Gasteiger partial charge in [0.25, 0.3) is 0 Å². The van der Waals surface area contributed by atoms with Crippen molar-refractivity contribution in [2.24, 2.45) is 5.92 Å². The zero-order valence-electron chi connectivity index (χ0n) is 12.4. The third kappa shape index (κ3) is 4.56. The summed E-state index contributed by atoms with van der Waals surface area (Å²) in [6.07, 6.45) is 1.92. The average Bonchev–Trinajstić information content (AvgIpc) is 3.08. The van der Waals surface area contributed by atoms with Gasteiger partial charge in [0.15, 0.2) is 0 Å². The number of nitrogens with one attached hydrogen (secondary N) is 2. The van der Waals surface area contributed by atoms with Gasteiger partial charge in [-0.3, -0.25) is 14.4 Å². The smallest absolute Gasteiger partial charge is 0.306 e. The first-order valence-corrected chi connectivity index (χ1v) is 8.16. The highest BCUT2D eigenvalue weighted by Crippen LogP contribution is 2.26. The van der Waals surface area contributed by atoms with E-state index in [1.807, 2.05) is 17.5 Å². The molecule has 0 bridgehead atoms. The van der Waals surface area contributed by atoms with Crippen molar-refractivity contribution in [1.82, 2.24) is 10.6 Å². The number of carbonyl (C=O) groups is 3. The Morgan fingerprint density at radius 2 is 2.18 bits per heavy atom. The molecule has 1 aliphatic rings. The van der Waals surface area contributed by atoms with Crippen LogP contribution in [0, 0.1) is 5.92 Å². The van der Waals surface area contributed by atoms with Crippen molar-refractivity contribution >= 4 is 29.1 Å². The molecule has 2 amide bonds. The molecular formula is C15H20N2O4S. The predicted molar refractivity (Wildman–Crippen MR) is 82.4 cm³/mol. The summed E-state index contributed by atoms with van der Waals surface area (Å²) < 4.78 is 0. The SMILES string of the molecule is CC(=O)NC(CC(=O)N[C@H]1CC[C@@H](C(=O)O)C1)c1cccs1. The quantitative estimate of drug-likeness (QED) is 0.742. The van der Waals surface area contributed by atoms with E-state index >= 15 is 0 Å². The molecule has 2 rings (SSSR count). The van der Waals surface area contributed by atoms with Gasteiger partial charge < -0.3 is 15.7 Å². The van der Waals surface area contributed by atoms with Gasteiger partial charge in [-0.05, 0) is 30.7 Å². The van der Waals surface area contributed by atoms with Crippen LogP contribution >= 0.6 is 11.3 Å². The highest BCUT2D eigenvalue weighted by Gasteiger charge is 2.31. The second-order valence-corrected chi connectivity index (χ2v) is 6.56. The number of rotatable bonds is 6. The number of carboxylic acids is 1. The van der Waals surface area contributed by atoms with E-state index in [0.29, 0.717) is 19.3 Å². The molecule has 0 saturated heterocycles. The maximum Gasteiger partial charge on any atom is 0.306 e. The molecule has 3 N–H and O–H groups in total. The van der Waals surface area contributed by atoms with Crippen molar-refractivity contribution < 1.29 is 19.5 Å². The molecule has 0 aliphatic heterocycles. The molecular weight excluding hydrogens is 304 g/mol. The van der Waals surface area contributed by atoms with E-state index in [2.05, 4.69) is 10.6 Å². The largest absolute Gasteiger partial charge is 0.481 e. The summed E-state index contributed by atoms with van der Waals surface area (Å²) in [5.41, 5.74) is 0. The summed E-state index contributed by atoms with van der Waals surface area (Å²) in [5, 5.41) is 16.5. The Morgan fingerprint density at radius 1 is 1.41 bits per heavy atom. The van der Waals surface area contributed by atoms with Gasteiger partial charge in [0.05, 0.1) is 18.4 Å². The molecule has 1 fully saturated rings. The molecule has 120 valence electrons. The van der Waals surface area contributed by atoms with Gasteiger partial charge in [-0.2, -0.15) is 0 Å². The zero-order chi connectivity index (χ0) is 16.1. The minimum absolute atomic E-state index is 0.0880. The maximum absolute atomic E-state index is 12.2. The van der Waals surface area contributed by atoms with Gasteiger partial charge in [0, 0.05) is 17.8 Å². The summed E-state index contributed by atoms with van der Waals surface area (Å²) in [6.45, 7) is 1.42. The first-order chi connectivity index (χ1) is 10.5. The second-order valence-electron chi connectivity index (χ2n) is 5.59. The Kier molecular flexibility index (Phi) is 5.54. The van der Waals surface area contributed by atoms with E-state index in [4.69, 9.17) is 5.11 Å². The number of thiophene rings is 1. The zero-order valence-corrected chi connectivity index (χ0v) is 13.2. The first-order valence-electron chi connectivity index (χ1n) is 7.28. The van der Waals surface area contributed by atoms with Crippen molar-refractivity contribution in [3.63, 3.8) is 0 Å². The molecule has 1 unspecified atom stereocenters. The third-order valence-corrected chi connectivity index (χ3v) is 4.79. The van der Waals surface area contributed by atoms with Crippen molar-refractivity contribution in [2.75, 3.05) is 0 Å². The molecule has 22 heavy (non-hydrogen) atoms. The van der Waals surface area contributed by atoms with E-state index in [-0.39, 0.29) is 36.2 Å². The van der Waals surface area contributed by atoms with Gasteiger partial charge in [-0.1, -0.05) is 6.07 Å². The Hall–Kier alpha value is -1.89. The fourth-order valence-corrected chi connectivity index (χ4v) is 3.54. The molecule has 0 spiro atoms. The molecule has 1 heterocycles. The molecule has 1 saturated carbocycles. The van der Waals surface area contributed by atoms with E-state index < -0.39 is 5.97 Å². The van der Waals surface area contributed by atoms with Crippen LogP contribution in [0.25, 0.3) is 0 Å². The van der Waals surface area contributed by atoms with Crippen molar-refractivity contribution in [3.05, 3.63) is 22.4 Å². The number of amides is 2. The third-order valence-electron chi connectivity index (χ3n) is 3.80. The highest BCUT2D eigenvalue weighted by molar-refractivity contribution is 7.10. The van der Waals surface area contributed by atoms with Crippen LogP contribution in [0.15, 0.2) is 17.5 Å². The Labute approximate surface area is 132 Å². The lowest BCUT2D eigenvalue weighted by Gasteiger charge is -2.18. The predicted octanol–water partition coefficient (Wildman–Crippen LogP) is 1.68. The first kappa shape index (κ1) is 16.5. The van der Waals surface area contributed by atoms with Crippen LogP contribution in [0.5, 0.6) is 0 Å². The van der Waals surface area contributed by atoms with Crippen LogP contribution in [0.2, 0.25) is 0 Å². The highest BCUT2D eigenvalue weighted by atomic mass is 32.1. The Bertz CT molecular complexity index is 544. The minimum atomic E-state index is -0.800. The molecule has 1 aromatic heterocycles. The molecule has 3 atom stereocenters. The molecule has 0 radical (unpaired) electrons. The molecule has 6 nitrogen and oxygen atoms in total. The molecule has 0 aromatic carbocycles. The lowest BCUT2D eigenvalue weighted by molar-refractivity contribution is -0.141. The lowest BCUT2D eigenvalue weighted by Crippen LogP contribution is -2.37. The monoisotopic (exact) mass is 324 g/mol. The van der Waals surface area contributed by atoms with Crippen molar-refractivity contribution in [2.45, 2.75) is 44.7 Å². The molecule has 7 heteroatoms. The van der Waals surface area contributed by atoms with Crippen LogP contribution in [-0.2, 0) is 14.4 Å². The van der Waals surface area contributed by atoms with E-state index in [0.717, 1.165) is 4.88 Å². The lowest BCUT2D eigenvalue weighted by atomic mass is 10.1. The summed E-state index contributed by atoms with van der Waals surface area (Å²) in [7, 11) is 0. The van der Waals surface area contributed by atoms with Gasteiger partial charge >= 0.3 is 5.97 Å². The number of hydrogen-bond donors (Lipinski definition) is 3. The Balaban J connectivity index is 1.89. The standard InChI is InChI=1S/C15H20N2O4S/c1-9(18)16-12(13-3-2-6-22-13)8-14(19)17-11-5-4-10(7-11)15(20)21/h2-3,6,10-12H,4-5,7-8H2,1H3,(H,16,18)(H,17,19)(H,20,21)/t10-,11+,12?/m1/s1. The topological polar surface area (TPSA) is 95.5 Å². The fourth-order valence-electron chi connectivity index (χ4n) is 2.77. The summed E-state index contributed by atoms with van der Waals surface area (Å²) in [4.78, 5) is 35.3. The number of carbonyl (C=O) groups excluding carboxylic acids is 2. The molecule has 1 aliphatic carbocycles. The van der Waals surface area contributed by atoms with Crippen LogP contribution in [0.1, 0.15) is 43.5 Å². The number of aliphatic carboxylic acids is 1. The van der Waals surface area contributed by atoms with Gasteiger partial charge in [0.1, 0.15) is 0 Å². The second kappa shape index (κ2) is 7.40. The minimum Gasteiger partial charge on any atom is -0.481 e. The van der Waals surface area contributed by atoms with E-state index in [1.165, 1.54) is 18.3 Å². The van der Waals surface area contributed by atoms with Gasteiger partial charge in [-0.15, -0.1) is 11.3 Å². The van der Waals surface area contributed by atoms with Crippen molar-refractivity contribution in [1.29, 1.82) is 0 Å². The summed E-state index contributed by atoms with van der Waals surface area (Å²) in [5.74, 6) is -1.51.